The van der Waals surface area contributed by atoms with Crippen molar-refractivity contribution in [2.45, 2.75) is 25.9 Å². The highest BCUT2D eigenvalue weighted by Gasteiger charge is 2.31. The molecule has 0 bridgehead atoms. The molecule has 0 amide bonds. The lowest BCUT2D eigenvalue weighted by molar-refractivity contribution is 0.0712. The van der Waals surface area contributed by atoms with Crippen LogP contribution in [0.3, 0.4) is 0 Å². The van der Waals surface area contributed by atoms with Gasteiger partial charge in [0, 0.05) is 42.1 Å². The fourth-order valence-electron chi connectivity index (χ4n) is 4.59. The van der Waals surface area contributed by atoms with E-state index in [9.17, 15) is 4.79 Å². The van der Waals surface area contributed by atoms with Gasteiger partial charge in [-0.1, -0.05) is 60.7 Å². The largest absolute Gasteiger partial charge is 0.376 e. The van der Waals surface area contributed by atoms with Crippen LogP contribution in [0.4, 0.5) is 0 Å². The SMILES string of the molecule is O=C1CC(COCc2ccccc2)Cc2[nH]c(-c3ccncc3)c(Cc3ccccc3)c21. The van der Waals surface area contributed by atoms with Crippen LogP contribution in [0.25, 0.3) is 11.3 Å². The number of hydrogen-bond acceptors (Lipinski definition) is 3. The lowest BCUT2D eigenvalue weighted by Gasteiger charge is -2.22. The number of aromatic amines is 1. The first-order chi connectivity index (χ1) is 15.8. The minimum atomic E-state index is 0.187. The number of hydrogen-bond donors (Lipinski definition) is 1. The van der Waals surface area contributed by atoms with Gasteiger partial charge in [0.2, 0.25) is 0 Å². The number of H-pyrrole nitrogens is 1. The summed E-state index contributed by atoms with van der Waals surface area (Å²) in [5.74, 6) is 0.397. The zero-order valence-electron chi connectivity index (χ0n) is 18.0. The van der Waals surface area contributed by atoms with E-state index >= 15 is 0 Å². The third-order valence-corrected chi connectivity index (χ3v) is 6.08. The summed E-state index contributed by atoms with van der Waals surface area (Å²) in [6, 6.07) is 24.5. The summed E-state index contributed by atoms with van der Waals surface area (Å²) < 4.78 is 5.97. The van der Waals surface area contributed by atoms with Crippen LogP contribution in [-0.2, 0) is 24.2 Å². The van der Waals surface area contributed by atoms with Crippen molar-refractivity contribution in [2.75, 3.05) is 6.61 Å². The Morgan fingerprint density at radius 1 is 0.875 bits per heavy atom. The quantitative estimate of drug-likeness (QED) is 0.420. The smallest absolute Gasteiger partial charge is 0.165 e. The number of fused-ring (bicyclic) bond motifs is 1. The highest BCUT2D eigenvalue weighted by atomic mass is 16.5. The van der Waals surface area contributed by atoms with Gasteiger partial charge in [-0.25, -0.2) is 0 Å². The normalized spacial score (nSPS) is 15.5. The number of benzene rings is 2. The van der Waals surface area contributed by atoms with Gasteiger partial charge in [0.25, 0.3) is 0 Å². The molecule has 1 aliphatic rings. The Morgan fingerprint density at radius 2 is 1.56 bits per heavy atom. The Bertz CT molecular complexity index is 1180. The lowest BCUT2D eigenvalue weighted by atomic mass is 9.84. The van der Waals surface area contributed by atoms with Crippen molar-refractivity contribution in [1.29, 1.82) is 0 Å². The van der Waals surface area contributed by atoms with Crippen LogP contribution in [0.5, 0.6) is 0 Å². The summed E-state index contributed by atoms with van der Waals surface area (Å²) in [7, 11) is 0. The number of rotatable bonds is 7. The monoisotopic (exact) mass is 422 g/mol. The number of nitrogens with zero attached hydrogens (tertiary/aromatic N) is 1. The van der Waals surface area contributed by atoms with Crippen LogP contribution in [0.1, 0.15) is 39.2 Å². The van der Waals surface area contributed by atoms with E-state index < -0.39 is 0 Å². The Hall–Kier alpha value is -3.50. The maximum absolute atomic E-state index is 13.3. The Balaban J connectivity index is 1.40. The molecule has 5 rings (SSSR count). The van der Waals surface area contributed by atoms with Gasteiger partial charge in [-0.15, -0.1) is 0 Å². The first-order valence-corrected chi connectivity index (χ1v) is 11.1. The summed E-state index contributed by atoms with van der Waals surface area (Å²) in [6.07, 6.45) is 5.66. The number of nitrogens with one attached hydrogen (secondary N) is 1. The molecule has 1 unspecified atom stereocenters. The second kappa shape index (κ2) is 9.33. The molecular weight excluding hydrogens is 396 g/mol. The molecule has 1 aliphatic carbocycles. The molecule has 2 heterocycles. The third kappa shape index (κ3) is 4.41. The highest BCUT2D eigenvalue weighted by Crippen LogP contribution is 2.36. The van der Waals surface area contributed by atoms with Crippen LogP contribution in [-0.4, -0.2) is 22.4 Å². The zero-order chi connectivity index (χ0) is 21.8. The average molecular weight is 423 g/mol. The van der Waals surface area contributed by atoms with Gasteiger partial charge in [-0.3, -0.25) is 9.78 Å². The fourth-order valence-corrected chi connectivity index (χ4v) is 4.59. The first kappa shape index (κ1) is 20.4. The highest BCUT2D eigenvalue weighted by molar-refractivity contribution is 6.01. The molecule has 0 saturated carbocycles. The molecule has 32 heavy (non-hydrogen) atoms. The summed E-state index contributed by atoms with van der Waals surface area (Å²) in [5.41, 5.74) is 7.44. The molecule has 2 aromatic carbocycles. The van der Waals surface area contributed by atoms with Crippen LogP contribution >= 0.6 is 0 Å². The molecule has 0 spiro atoms. The van der Waals surface area contributed by atoms with Crippen molar-refractivity contribution < 1.29 is 9.53 Å². The Kier molecular flexibility index (Phi) is 5.95. The predicted octanol–water partition coefficient (Wildman–Crippen LogP) is 5.63. The molecule has 0 aliphatic heterocycles. The van der Waals surface area contributed by atoms with Gasteiger partial charge < -0.3 is 9.72 Å². The summed E-state index contributed by atoms with van der Waals surface area (Å²) in [4.78, 5) is 21.1. The lowest BCUT2D eigenvalue weighted by Crippen LogP contribution is -2.24. The number of pyridine rings is 1. The third-order valence-electron chi connectivity index (χ3n) is 6.08. The van der Waals surface area contributed by atoms with Crippen molar-refractivity contribution in [3.8, 4) is 11.3 Å². The molecule has 160 valence electrons. The topological polar surface area (TPSA) is 55.0 Å². The van der Waals surface area contributed by atoms with E-state index in [1.807, 2.05) is 48.5 Å². The van der Waals surface area contributed by atoms with E-state index in [2.05, 4.69) is 34.2 Å². The molecule has 1 N–H and O–H groups in total. The number of Topliss-reactive ketones (excluding diaryl/α,β-unsaturated/α-hetero) is 1. The Labute approximate surface area is 188 Å². The molecule has 0 saturated heterocycles. The molecule has 4 heteroatoms. The maximum atomic E-state index is 13.3. The standard InChI is InChI=1S/C28H26N2O2/c31-26-17-22(19-32-18-21-9-5-2-6-10-21)16-25-27(26)24(15-20-7-3-1-4-8-20)28(30-25)23-11-13-29-14-12-23/h1-14,22,30H,15-19H2. The van der Waals surface area contributed by atoms with Crippen molar-refractivity contribution in [1.82, 2.24) is 9.97 Å². The van der Waals surface area contributed by atoms with Crippen molar-refractivity contribution in [3.05, 3.63) is 113 Å². The Morgan fingerprint density at radius 3 is 2.28 bits per heavy atom. The van der Waals surface area contributed by atoms with E-state index in [0.29, 0.717) is 19.6 Å². The summed E-state index contributed by atoms with van der Waals surface area (Å²) in [5, 5.41) is 0. The van der Waals surface area contributed by atoms with Crippen molar-refractivity contribution in [3.63, 3.8) is 0 Å². The fraction of sp³-hybridized carbons (Fsp3) is 0.214. The molecule has 0 radical (unpaired) electrons. The number of ether oxygens (including phenoxy) is 1. The van der Waals surface area contributed by atoms with Gasteiger partial charge in [-0.05, 0) is 41.2 Å². The minimum absolute atomic E-state index is 0.187. The molecule has 4 aromatic rings. The summed E-state index contributed by atoms with van der Waals surface area (Å²) >= 11 is 0. The van der Waals surface area contributed by atoms with Gasteiger partial charge in [0.15, 0.2) is 5.78 Å². The van der Waals surface area contributed by atoms with Crippen LogP contribution in [0.15, 0.2) is 85.2 Å². The van der Waals surface area contributed by atoms with Crippen LogP contribution in [0.2, 0.25) is 0 Å². The summed E-state index contributed by atoms with van der Waals surface area (Å²) in [6.45, 7) is 1.16. The van der Waals surface area contributed by atoms with E-state index in [1.54, 1.807) is 12.4 Å². The van der Waals surface area contributed by atoms with Gasteiger partial charge in [0.05, 0.1) is 18.9 Å². The second-order valence-corrected chi connectivity index (χ2v) is 8.43. The van der Waals surface area contributed by atoms with Crippen molar-refractivity contribution >= 4 is 5.78 Å². The van der Waals surface area contributed by atoms with E-state index in [4.69, 9.17) is 4.74 Å². The minimum Gasteiger partial charge on any atom is -0.376 e. The van der Waals surface area contributed by atoms with E-state index in [0.717, 1.165) is 46.5 Å². The van der Waals surface area contributed by atoms with E-state index in [-0.39, 0.29) is 11.7 Å². The van der Waals surface area contributed by atoms with Crippen molar-refractivity contribution in [2.24, 2.45) is 5.92 Å². The number of carbonyl (C=O) groups is 1. The number of aromatic nitrogens is 2. The molecule has 2 aromatic heterocycles. The van der Waals surface area contributed by atoms with Gasteiger partial charge in [0.1, 0.15) is 0 Å². The van der Waals surface area contributed by atoms with Gasteiger partial charge >= 0.3 is 0 Å². The number of carbonyl (C=O) groups excluding carboxylic acids is 1. The average Bonchev–Trinajstić information content (AvgIpc) is 3.20. The maximum Gasteiger partial charge on any atom is 0.165 e. The van der Waals surface area contributed by atoms with Crippen LogP contribution in [0, 0.1) is 5.92 Å². The number of ketones is 1. The first-order valence-electron chi connectivity index (χ1n) is 11.1. The van der Waals surface area contributed by atoms with Gasteiger partial charge in [-0.2, -0.15) is 0 Å². The second-order valence-electron chi connectivity index (χ2n) is 8.43. The molecular formula is C28H26N2O2. The van der Waals surface area contributed by atoms with E-state index in [1.165, 1.54) is 5.56 Å². The van der Waals surface area contributed by atoms with Crippen LogP contribution < -0.4 is 0 Å². The molecule has 4 nitrogen and oxygen atoms in total. The zero-order valence-corrected chi connectivity index (χ0v) is 18.0. The molecule has 1 atom stereocenters. The predicted molar refractivity (Wildman–Crippen MR) is 126 cm³/mol. The molecule has 0 fully saturated rings.